The fourth-order valence-electron chi connectivity index (χ4n) is 5.73. The summed E-state index contributed by atoms with van der Waals surface area (Å²) >= 11 is 3.54. The molecule has 0 bridgehead atoms. The molecule has 4 N–H and O–H groups in total. The Bertz CT molecular complexity index is 1500. The second kappa shape index (κ2) is 20.7. The number of hydrogen-bond acceptors (Lipinski definition) is 6. The SMILES string of the molecule is CC.CNS.Cc1nc2cc(-c3ccccc3)cc([C@H]3CCCNC3)c2n1C.O=C(O)C1CCCCC1.Oc1ccc(C(F)(F)F)cc1. The minimum Gasteiger partial charge on any atom is -0.508 e. The summed E-state index contributed by atoms with van der Waals surface area (Å²) < 4.78 is 40.2. The summed E-state index contributed by atoms with van der Waals surface area (Å²) in [4.78, 5) is 15.2. The lowest BCUT2D eigenvalue weighted by atomic mass is 9.88. The first kappa shape index (κ1) is 40.6. The number of phenols is 1. The van der Waals surface area contributed by atoms with E-state index in [9.17, 15) is 18.0 Å². The summed E-state index contributed by atoms with van der Waals surface area (Å²) in [6.07, 6.45) is 3.42. The van der Waals surface area contributed by atoms with Crippen molar-refractivity contribution < 1.29 is 28.2 Å². The Balaban J connectivity index is 0.000000267. The molecule has 0 unspecified atom stereocenters. The molecule has 0 spiro atoms. The predicted molar refractivity (Wildman–Crippen MR) is 192 cm³/mol. The van der Waals surface area contributed by atoms with Crippen molar-refractivity contribution in [3.8, 4) is 16.9 Å². The van der Waals surface area contributed by atoms with Gasteiger partial charge < -0.3 is 20.1 Å². The third kappa shape index (κ3) is 12.5. The molecule has 1 saturated carbocycles. The number of imidazole rings is 1. The zero-order valence-electron chi connectivity index (χ0n) is 28.6. The van der Waals surface area contributed by atoms with Gasteiger partial charge in [-0.1, -0.05) is 76.3 Å². The van der Waals surface area contributed by atoms with Gasteiger partial charge in [0.1, 0.15) is 11.6 Å². The van der Waals surface area contributed by atoms with E-state index in [0.29, 0.717) is 5.92 Å². The molecule has 1 aromatic heterocycles. The predicted octanol–water partition coefficient (Wildman–Crippen LogP) is 9.15. The number of carboxylic acid groups (broad SMARTS) is 1. The van der Waals surface area contributed by atoms with Crippen molar-refractivity contribution in [3.63, 3.8) is 0 Å². The molecule has 2 fully saturated rings. The number of carbonyl (C=O) groups is 1. The average molecular weight is 689 g/mol. The number of aromatic nitrogens is 2. The van der Waals surface area contributed by atoms with E-state index < -0.39 is 17.7 Å². The molecule has 0 amide bonds. The second-order valence-electron chi connectivity index (χ2n) is 11.5. The van der Waals surface area contributed by atoms with Crippen LogP contribution in [-0.4, -0.2) is 45.9 Å². The number of phenolic OH excluding ortho intramolecular Hbond substituents is 1. The van der Waals surface area contributed by atoms with Gasteiger partial charge in [0.25, 0.3) is 0 Å². The highest BCUT2D eigenvalue weighted by Gasteiger charge is 2.30. The summed E-state index contributed by atoms with van der Waals surface area (Å²) in [6.45, 7) is 8.30. The summed E-state index contributed by atoms with van der Waals surface area (Å²) in [6, 6.07) is 18.9. The van der Waals surface area contributed by atoms with Gasteiger partial charge >= 0.3 is 12.1 Å². The standard InChI is InChI=1S/C20H23N3.C7H5F3O.C7H12O2.C2H6.CH5NS/c1-14-22-19-12-17(15-7-4-3-5-8-15)11-18(20(19)23(14)2)16-9-6-10-21-13-16;8-7(9,10)5-1-3-6(11)4-2-5;8-7(9)6-4-2-1-3-5-6;1-2;1-2-3/h3-5,7-8,11-12,16,21H,6,9-10,13H2,1-2H3;1-4,11H;6H,1-5H2,(H,8,9);1-2H3;2-3H,1H3/t16-;;;;/m0..../s1. The molecule has 2 heterocycles. The van der Waals surface area contributed by atoms with Crippen LogP contribution in [0.4, 0.5) is 13.2 Å². The number of nitrogens with one attached hydrogen (secondary N) is 2. The quantitative estimate of drug-likeness (QED) is 0.138. The van der Waals surface area contributed by atoms with Crippen LogP contribution < -0.4 is 10.0 Å². The van der Waals surface area contributed by atoms with Crippen molar-refractivity contribution in [1.82, 2.24) is 19.6 Å². The van der Waals surface area contributed by atoms with E-state index in [-0.39, 0.29) is 11.7 Å². The Labute approximate surface area is 288 Å². The normalized spacial score (nSPS) is 16.1. The fraction of sp³-hybridized carbons (Fsp3) is 0.459. The van der Waals surface area contributed by atoms with Crippen molar-refractivity contribution >= 4 is 29.8 Å². The molecule has 7 nitrogen and oxygen atoms in total. The molecule has 264 valence electrons. The fourth-order valence-corrected chi connectivity index (χ4v) is 5.73. The van der Waals surface area contributed by atoms with Gasteiger partial charge in [0.05, 0.1) is 22.5 Å². The number of piperidine rings is 1. The average Bonchev–Trinajstić information content (AvgIpc) is 3.39. The smallest absolute Gasteiger partial charge is 0.416 e. The molecule has 0 radical (unpaired) electrons. The van der Waals surface area contributed by atoms with Crippen LogP contribution in [0.5, 0.6) is 5.75 Å². The number of hydrogen-bond donors (Lipinski definition) is 5. The van der Waals surface area contributed by atoms with Gasteiger partial charge in [-0.05, 0) is 105 Å². The molecule has 2 aliphatic rings. The van der Waals surface area contributed by atoms with Crippen molar-refractivity contribution in [2.24, 2.45) is 13.0 Å². The van der Waals surface area contributed by atoms with Crippen LogP contribution >= 0.6 is 12.8 Å². The number of carboxylic acids is 1. The number of benzene rings is 3. The first-order chi connectivity index (χ1) is 23.0. The minimum atomic E-state index is -4.33. The third-order valence-electron chi connectivity index (χ3n) is 8.22. The third-order valence-corrected chi connectivity index (χ3v) is 8.22. The van der Waals surface area contributed by atoms with Crippen molar-refractivity contribution in [1.29, 1.82) is 0 Å². The highest BCUT2D eigenvalue weighted by Crippen LogP contribution is 2.35. The molecule has 1 atom stereocenters. The van der Waals surface area contributed by atoms with Gasteiger partial charge in [0.15, 0.2) is 0 Å². The van der Waals surface area contributed by atoms with E-state index >= 15 is 0 Å². The minimum absolute atomic E-state index is 0.0289. The Hall–Kier alpha value is -3.54. The number of nitrogens with zero attached hydrogens (tertiary/aromatic N) is 2. The number of aryl methyl sites for hydroxylation is 2. The number of fused-ring (bicyclic) bond motifs is 1. The maximum absolute atomic E-state index is 11.8. The van der Waals surface area contributed by atoms with Crippen LogP contribution in [0.2, 0.25) is 0 Å². The summed E-state index contributed by atoms with van der Waals surface area (Å²) in [5.41, 5.74) is 5.65. The molecule has 1 aliphatic carbocycles. The molecule has 6 rings (SSSR count). The summed E-state index contributed by atoms with van der Waals surface area (Å²) in [5.74, 6) is 0.853. The highest BCUT2D eigenvalue weighted by molar-refractivity contribution is 7.78. The second-order valence-corrected chi connectivity index (χ2v) is 11.9. The largest absolute Gasteiger partial charge is 0.508 e. The maximum atomic E-state index is 11.8. The van der Waals surface area contributed by atoms with E-state index in [1.54, 1.807) is 7.05 Å². The lowest BCUT2D eigenvalue weighted by Gasteiger charge is -2.24. The van der Waals surface area contributed by atoms with E-state index in [0.717, 1.165) is 74.4 Å². The monoisotopic (exact) mass is 688 g/mol. The van der Waals surface area contributed by atoms with Crippen molar-refractivity contribution in [2.45, 2.75) is 77.8 Å². The van der Waals surface area contributed by atoms with E-state index in [1.165, 1.54) is 41.5 Å². The number of thiol groups is 1. The number of rotatable bonds is 3. The zero-order chi connectivity index (χ0) is 35.7. The van der Waals surface area contributed by atoms with Crippen LogP contribution in [0.1, 0.15) is 81.7 Å². The van der Waals surface area contributed by atoms with Crippen molar-refractivity contribution in [3.05, 3.63) is 83.7 Å². The van der Waals surface area contributed by atoms with E-state index in [4.69, 9.17) is 15.2 Å². The molecule has 3 aromatic carbocycles. The highest BCUT2D eigenvalue weighted by atomic mass is 32.1. The summed E-state index contributed by atoms with van der Waals surface area (Å²) in [5, 5.41) is 20.7. The number of halogens is 3. The molecule has 48 heavy (non-hydrogen) atoms. The molecular formula is C37H51F3N4O3S. The zero-order valence-corrected chi connectivity index (χ0v) is 29.5. The number of alkyl halides is 3. The van der Waals surface area contributed by atoms with Crippen LogP contribution in [0.25, 0.3) is 22.2 Å². The first-order valence-electron chi connectivity index (χ1n) is 16.6. The van der Waals surface area contributed by atoms with Crippen LogP contribution in [0.15, 0.2) is 66.7 Å². The van der Waals surface area contributed by atoms with Crippen LogP contribution in [0.3, 0.4) is 0 Å². The number of aliphatic carboxylic acids is 1. The van der Waals surface area contributed by atoms with Gasteiger partial charge in [0, 0.05) is 13.6 Å². The molecule has 1 saturated heterocycles. The molecular weight excluding hydrogens is 637 g/mol. The van der Waals surface area contributed by atoms with Crippen LogP contribution in [-0.2, 0) is 18.0 Å². The van der Waals surface area contributed by atoms with Gasteiger partial charge in [0.2, 0.25) is 0 Å². The van der Waals surface area contributed by atoms with Gasteiger partial charge in [-0.15, -0.1) is 0 Å². The lowest BCUT2D eigenvalue weighted by molar-refractivity contribution is -0.142. The van der Waals surface area contributed by atoms with Gasteiger partial charge in [-0.2, -0.15) is 13.2 Å². The first-order valence-corrected chi connectivity index (χ1v) is 17.0. The Morgan fingerprint density at radius 2 is 1.56 bits per heavy atom. The Morgan fingerprint density at radius 3 is 2.06 bits per heavy atom. The van der Waals surface area contributed by atoms with E-state index in [2.05, 4.69) is 83.9 Å². The summed E-state index contributed by atoms with van der Waals surface area (Å²) in [7, 11) is 3.87. The maximum Gasteiger partial charge on any atom is 0.416 e. The van der Waals surface area contributed by atoms with Gasteiger partial charge in [-0.25, -0.2) is 4.98 Å². The Morgan fingerprint density at radius 1 is 0.958 bits per heavy atom. The van der Waals surface area contributed by atoms with Crippen molar-refractivity contribution in [2.75, 3.05) is 20.1 Å². The van der Waals surface area contributed by atoms with Gasteiger partial charge in [-0.3, -0.25) is 9.52 Å². The molecule has 4 aromatic rings. The number of aromatic hydroxyl groups is 1. The Kier molecular flexibility index (Phi) is 17.6. The molecule has 1 aliphatic heterocycles. The van der Waals surface area contributed by atoms with Crippen LogP contribution in [0, 0.1) is 12.8 Å². The van der Waals surface area contributed by atoms with E-state index in [1.807, 2.05) is 13.8 Å². The topological polar surface area (TPSA) is 99.4 Å². The molecule has 11 heteroatoms. The lowest BCUT2D eigenvalue weighted by Crippen LogP contribution is -2.28.